The lowest BCUT2D eigenvalue weighted by molar-refractivity contribution is -0.262. The summed E-state index contributed by atoms with van der Waals surface area (Å²) in [4.78, 5) is 43.6. The Morgan fingerprint density at radius 1 is 1.02 bits per heavy atom. The Balaban J connectivity index is 1.52. The van der Waals surface area contributed by atoms with Gasteiger partial charge in [-0.3, -0.25) is 19.7 Å². The number of carbonyl (C=O) groups is 3. The Kier molecular flexibility index (Phi) is 7.75. The fourth-order valence-corrected chi connectivity index (χ4v) is 7.07. The van der Waals surface area contributed by atoms with E-state index in [2.05, 4.69) is 10.3 Å². The smallest absolute Gasteiger partial charge is 0.323 e. The number of nitrogens with two attached hydrogens (primary N) is 2. The summed E-state index contributed by atoms with van der Waals surface area (Å²) in [7, 11) is 1.37. The van der Waals surface area contributed by atoms with Crippen molar-refractivity contribution in [3.05, 3.63) is 59.7 Å². The number of esters is 1. The number of carbonyl (C=O) groups excluding carboxylic acids is 3. The molecule has 2 aliphatic heterocycles. The van der Waals surface area contributed by atoms with Gasteiger partial charge < -0.3 is 45.4 Å². The van der Waals surface area contributed by atoms with Crippen LogP contribution >= 0.6 is 0 Å². The van der Waals surface area contributed by atoms with Gasteiger partial charge in [0.15, 0.2) is 12.3 Å². The summed E-state index contributed by atoms with van der Waals surface area (Å²) in [6, 6.07) is 13.7. The molecule has 1 fully saturated rings. The zero-order valence-corrected chi connectivity index (χ0v) is 25.1. The van der Waals surface area contributed by atoms with Crippen LogP contribution in [0.5, 0.6) is 0 Å². The second-order valence-electron chi connectivity index (χ2n) is 11.8. The molecule has 3 aromatic carbocycles. The molecule has 8 N–H and O–H groups in total. The summed E-state index contributed by atoms with van der Waals surface area (Å²) in [5.74, 6) is -1.78. The van der Waals surface area contributed by atoms with Crippen LogP contribution in [0.1, 0.15) is 46.2 Å². The number of para-hydroxylation sites is 2. The fourth-order valence-electron chi connectivity index (χ4n) is 7.07. The summed E-state index contributed by atoms with van der Waals surface area (Å²) in [6.07, 6.45) is -4.41. The quantitative estimate of drug-likeness (QED) is 0.0794. The third-order valence-electron chi connectivity index (χ3n) is 9.15. The van der Waals surface area contributed by atoms with Crippen LogP contribution in [-0.4, -0.2) is 88.3 Å². The van der Waals surface area contributed by atoms with Gasteiger partial charge >= 0.3 is 5.97 Å². The highest BCUT2D eigenvalue weighted by atomic mass is 16.6. The number of H-pyrrole nitrogens is 1. The Labute approximate surface area is 262 Å². The Bertz CT molecular complexity index is 2020. The number of imide groups is 1. The van der Waals surface area contributed by atoms with Crippen molar-refractivity contribution in [2.45, 2.75) is 55.9 Å². The van der Waals surface area contributed by atoms with Gasteiger partial charge in [-0.05, 0) is 31.5 Å². The molecule has 2 aliphatic rings. The Hall–Kier alpha value is -4.37. The van der Waals surface area contributed by atoms with E-state index < -0.39 is 61.1 Å². The minimum atomic E-state index is -1.44. The zero-order chi connectivity index (χ0) is 32.3. The number of fused-ring (bicyclic) bond motifs is 10. The molecule has 1 unspecified atom stereocenters. The highest BCUT2D eigenvalue weighted by Gasteiger charge is 2.50. The molecule has 1 saturated heterocycles. The van der Waals surface area contributed by atoms with Crippen LogP contribution < -0.4 is 16.8 Å². The minimum absolute atomic E-state index is 0.215. The molecule has 2 aromatic heterocycles. The molecule has 0 bridgehead atoms. The Morgan fingerprint density at radius 2 is 1.72 bits per heavy atom. The molecule has 7 rings (SSSR count). The minimum Gasteiger partial charge on any atom is -0.453 e. The van der Waals surface area contributed by atoms with Gasteiger partial charge in [-0.15, -0.1) is 0 Å². The van der Waals surface area contributed by atoms with Crippen molar-refractivity contribution in [3.63, 3.8) is 0 Å². The number of nitrogens with one attached hydrogen (secondary N) is 2. The normalized spacial score (nSPS) is 23.8. The van der Waals surface area contributed by atoms with E-state index >= 15 is 0 Å². The first-order valence-electron chi connectivity index (χ1n) is 15.3. The highest BCUT2D eigenvalue weighted by Crippen LogP contribution is 2.46. The first-order valence-corrected chi connectivity index (χ1v) is 15.3. The first-order chi connectivity index (χ1) is 22.3. The lowest BCUT2D eigenvalue weighted by atomic mass is 9.96. The van der Waals surface area contributed by atoms with Gasteiger partial charge in [0.2, 0.25) is 0 Å². The number of nitrogens with zero attached hydrogens (tertiary/aromatic N) is 1. The van der Waals surface area contributed by atoms with Crippen molar-refractivity contribution in [2.75, 3.05) is 20.3 Å². The molecule has 240 valence electrons. The molecule has 4 heterocycles. The van der Waals surface area contributed by atoms with Gasteiger partial charge in [0.1, 0.15) is 24.4 Å². The molecule has 46 heavy (non-hydrogen) atoms. The maximum absolute atomic E-state index is 13.5. The number of methoxy groups -OCH3 is 1. The fraction of sp³-hybridized carbons (Fsp3) is 0.364. The van der Waals surface area contributed by atoms with Crippen LogP contribution in [0.3, 0.4) is 0 Å². The monoisotopic (exact) mass is 629 g/mol. The van der Waals surface area contributed by atoms with Crippen LogP contribution in [0.4, 0.5) is 0 Å². The van der Waals surface area contributed by atoms with Crippen molar-refractivity contribution in [1.82, 2.24) is 14.9 Å². The number of benzene rings is 3. The number of aliphatic hydroxyl groups is 2. The number of amides is 2. The summed E-state index contributed by atoms with van der Waals surface area (Å²) < 4.78 is 19.7. The molecule has 0 spiro atoms. The van der Waals surface area contributed by atoms with Crippen LogP contribution in [0, 0.1) is 0 Å². The number of hydrogen-bond donors (Lipinski definition) is 6. The predicted molar refractivity (Wildman–Crippen MR) is 169 cm³/mol. The SMILES string of the molecule is CO[C@H]1[C@H](O)[C@@H](OC(=O)C(N)CCCCN)[C@H](n2c3ccccc3c3c4c(c5c6ccccc6[nH]c5c32)C(=O)NC4=O)O[C@@H]1CO. The highest BCUT2D eigenvalue weighted by molar-refractivity contribution is 6.39. The van der Waals surface area contributed by atoms with Crippen LogP contribution in [0.15, 0.2) is 48.5 Å². The van der Waals surface area contributed by atoms with Crippen molar-refractivity contribution in [1.29, 1.82) is 0 Å². The number of hydrogen-bond acceptors (Lipinski definition) is 10. The van der Waals surface area contributed by atoms with Crippen molar-refractivity contribution < 1.29 is 38.8 Å². The summed E-state index contributed by atoms with van der Waals surface area (Å²) in [5.41, 5.74) is 14.6. The topological polar surface area (TPSA) is 204 Å². The molecule has 5 aromatic rings. The molecule has 2 amide bonds. The number of aromatic nitrogens is 2. The van der Waals surface area contributed by atoms with E-state index in [1.165, 1.54) is 7.11 Å². The lowest BCUT2D eigenvalue weighted by Crippen LogP contribution is -2.59. The van der Waals surface area contributed by atoms with Crippen LogP contribution in [0.25, 0.3) is 43.6 Å². The van der Waals surface area contributed by atoms with E-state index in [4.69, 9.17) is 25.7 Å². The van der Waals surface area contributed by atoms with Crippen LogP contribution in [0.2, 0.25) is 0 Å². The van der Waals surface area contributed by atoms with Gasteiger partial charge in [0, 0.05) is 34.2 Å². The van der Waals surface area contributed by atoms with Gasteiger partial charge in [-0.2, -0.15) is 0 Å². The van der Waals surface area contributed by atoms with Gasteiger partial charge in [-0.1, -0.05) is 42.8 Å². The molecule has 13 nitrogen and oxygen atoms in total. The molecule has 0 aliphatic carbocycles. The van der Waals surface area contributed by atoms with E-state index in [-0.39, 0.29) is 11.1 Å². The maximum atomic E-state index is 13.5. The molecular weight excluding hydrogens is 594 g/mol. The number of ether oxygens (including phenoxy) is 3. The van der Waals surface area contributed by atoms with E-state index in [1.807, 2.05) is 42.5 Å². The molecule has 13 heteroatoms. The predicted octanol–water partition coefficient (Wildman–Crippen LogP) is 1.95. The maximum Gasteiger partial charge on any atom is 0.323 e. The number of aromatic amines is 1. The summed E-state index contributed by atoms with van der Waals surface area (Å²) in [5, 5.41) is 26.9. The van der Waals surface area contributed by atoms with Gasteiger partial charge in [0.25, 0.3) is 11.8 Å². The van der Waals surface area contributed by atoms with Crippen molar-refractivity contribution in [2.24, 2.45) is 11.5 Å². The molecule has 0 saturated carbocycles. The third-order valence-corrected chi connectivity index (χ3v) is 9.15. The zero-order valence-electron chi connectivity index (χ0n) is 25.1. The molecule has 6 atom stereocenters. The van der Waals surface area contributed by atoms with Gasteiger partial charge in [0.05, 0.1) is 34.3 Å². The Morgan fingerprint density at radius 3 is 2.43 bits per heavy atom. The van der Waals surface area contributed by atoms with Gasteiger partial charge in [-0.25, -0.2) is 0 Å². The second-order valence-corrected chi connectivity index (χ2v) is 11.8. The van der Waals surface area contributed by atoms with Crippen molar-refractivity contribution in [3.8, 4) is 0 Å². The standard InChI is InChI=1S/C33H35N5O8/c1-44-28-20(14-39)45-32(29(27(28)40)46-33(43)17(35)10-6-7-13-34)38-19-12-5-3-9-16(19)22-24-23(30(41)37-31(24)42)21-15-8-2-4-11-18(15)36-25(21)26(22)38/h2-5,8-9,11-12,17,20,27-29,32,36,39-40H,6-7,10,13-14,34-35H2,1H3,(H,37,41,42)/t17?,20-,27+,28-,29-,32-/m1/s1. The van der Waals surface area contributed by atoms with Crippen molar-refractivity contribution >= 4 is 61.4 Å². The number of rotatable bonds is 9. The lowest BCUT2D eigenvalue weighted by Gasteiger charge is -2.44. The largest absolute Gasteiger partial charge is 0.453 e. The number of unbranched alkanes of at least 4 members (excludes halogenated alkanes) is 1. The van der Waals surface area contributed by atoms with E-state index in [0.29, 0.717) is 58.5 Å². The average Bonchev–Trinajstić information content (AvgIpc) is 3.70. The average molecular weight is 630 g/mol. The third kappa shape index (κ3) is 4.50. The first kappa shape index (κ1) is 30.3. The molecule has 0 radical (unpaired) electrons. The molecular formula is C33H35N5O8. The second kappa shape index (κ2) is 11.8. The summed E-state index contributed by atoms with van der Waals surface area (Å²) >= 11 is 0. The van der Waals surface area contributed by atoms with E-state index in [0.717, 1.165) is 10.9 Å². The van der Waals surface area contributed by atoms with E-state index in [9.17, 15) is 24.6 Å². The number of aliphatic hydroxyl groups excluding tert-OH is 2. The van der Waals surface area contributed by atoms with E-state index in [1.54, 1.807) is 10.6 Å². The summed E-state index contributed by atoms with van der Waals surface area (Å²) in [6.45, 7) is -0.0447. The van der Waals surface area contributed by atoms with Crippen LogP contribution in [-0.2, 0) is 19.0 Å².